The molecule has 0 heterocycles. The standard InChI is InChI=1S/C10H18N2O5S/c1-7(10(14)15)12(8-4-5-8)9(13)6-11(2)18(3,16)17/h7-8H,4-6H2,1-3H3,(H,14,15). The number of likely N-dealkylation sites (N-methyl/N-ethyl adjacent to an activating group) is 1. The van der Waals surface area contributed by atoms with Crippen molar-refractivity contribution in [2.75, 3.05) is 19.8 Å². The number of rotatable bonds is 6. The van der Waals surface area contributed by atoms with Crippen molar-refractivity contribution in [1.29, 1.82) is 0 Å². The Morgan fingerprint density at radius 3 is 2.22 bits per heavy atom. The SMILES string of the molecule is CC(C(=O)O)N(C(=O)CN(C)S(C)(=O)=O)C1CC1. The zero-order valence-corrected chi connectivity index (χ0v) is 11.5. The fourth-order valence-electron chi connectivity index (χ4n) is 1.60. The van der Waals surface area contributed by atoms with Gasteiger partial charge in [-0.15, -0.1) is 0 Å². The van der Waals surface area contributed by atoms with Gasteiger partial charge < -0.3 is 10.0 Å². The molecule has 7 nitrogen and oxygen atoms in total. The van der Waals surface area contributed by atoms with E-state index in [0.717, 1.165) is 23.4 Å². The van der Waals surface area contributed by atoms with Gasteiger partial charge in [-0.1, -0.05) is 0 Å². The largest absolute Gasteiger partial charge is 0.480 e. The second kappa shape index (κ2) is 5.23. The predicted octanol–water partition coefficient (Wildman–Crippen LogP) is -0.658. The molecule has 0 aliphatic heterocycles. The van der Waals surface area contributed by atoms with E-state index in [0.29, 0.717) is 0 Å². The van der Waals surface area contributed by atoms with Crippen LogP contribution < -0.4 is 0 Å². The lowest BCUT2D eigenvalue weighted by Crippen LogP contribution is -2.49. The predicted molar refractivity (Wildman–Crippen MR) is 64.4 cm³/mol. The topological polar surface area (TPSA) is 95.0 Å². The molecule has 0 aromatic carbocycles. The van der Waals surface area contributed by atoms with Gasteiger partial charge in [0, 0.05) is 13.1 Å². The number of nitrogens with zero attached hydrogens (tertiary/aromatic N) is 2. The van der Waals surface area contributed by atoms with Crippen molar-refractivity contribution in [1.82, 2.24) is 9.21 Å². The Morgan fingerprint density at radius 1 is 1.39 bits per heavy atom. The van der Waals surface area contributed by atoms with Gasteiger partial charge in [0.2, 0.25) is 15.9 Å². The van der Waals surface area contributed by atoms with E-state index in [4.69, 9.17) is 5.11 Å². The third-order valence-electron chi connectivity index (χ3n) is 2.93. The normalized spacial score (nSPS) is 17.6. The molecule has 0 aromatic rings. The molecule has 18 heavy (non-hydrogen) atoms. The van der Waals surface area contributed by atoms with E-state index in [-0.39, 0.29) is 12.6 Å². The summed E-state index contributed by atoms with van der Waals surface area (Å²) in [5.74, 6) is -1.56. The van der Waals surface area contributed by atoms with Gasteiger partial charge in [0.1, 0.15) is 6.04 Å². The van der Waals surface area contributed by atoms with Crippen LogP contribution in [0.2, 0.25) is 0 Å². The number of hydrogen-bond acceptors (Lipinski definition) is 4. The second-order valence-electron chi connectivity index (χ2n) is 4.57. The Kier molecular flexibility index (Phi) is 4.33. The first-order chi connectivity index (χ1) is 8.14. The Hall–Kier alpha value is -1.15. The summed E-state index contributed by atoms with van der Waals surface area (Å²) in [4.78, 5) is 24.2. The van der Waals surface area contributed by atoms with E-state index in [9.17, 15) is 18.0 Å². The maximum atomic E-state index is 12.0. The van der Waals surface area contributed by atoms with Gasteiger partial charge in [-0.25, -0.2) is 13.2 Å². The van der Waals surface area contributed by atoms with E-state index < -0.39 is 27.9 Å². The lowest BCUT2D eigenvalue weighted by atomic mass is 10.2. The van der Waals surface area contributed by atoms with Gasteiger partial charge in [-0.2, -0.15) is 4.31 Å². The average molecular weight is 278 g/mol. The highest BCUT2D eigenvalue weighted by molar-refractivity contribution is 7.88. The zero-order chi connectivity index (χ0) is 14.1. The van der Waals surface area contributed by atoms with Crippen LogP contribution in [0.25, 0.3) is 0 Å². The van der Waals surface area contributed by atoms with Gasteiger partial charge in [0.15, 0.2) is 0 Å². The van der Waals surface area contributed by atoms with Crippen molar-refractivity contribution in [3.05, 3.63) is 0 Å². The molecular formula is C10H18N2O5S. The molecule has 0 radical (unpaired) electrons. The van der Waals surface area contributed by atoms with Gasteiger partial charge in [0.05, 0.1) is 12.8 Å². The van der Waals surface area contributed by atoms with Crippen LogP contribution in [0, 0.1) is 0 Å². The number of carbonyl (C=O) groups excluding carboxylic acids is 1. The van der Waals surface area contributed by atoms with Crippen LogP contribution in [-0.2, 0) is 19.6 Å². The minimum Gasteiger partial charge on any atom is -0.480 e. The molecule has 1 N–H and O–H groups in total. The van der Waals surface area contributed by atoms with Crippen molar-refractivity contribution < 1.29 is 23.1 Å². The Labute approximate surface area is 106 Å². The van der Waals surface area contributed by atoms with Crippen LogP contribution in [0.5, 0.6) is 0 Å². The first-order valence-corrected chi connectivity index (χ1v) is 7.44. The fourth-order valence-corrected chi connectivity index (χ4v) is 1.94. The van der Waals surface area contributed by atoms with E-state index >= 15 is 0 Å². The number of sulfonamides is 1. The van der Waals surface area contributed by atoms with E-state index in [1.54, 1.807) is 0 Å². The summed E-state index contributed by atoms with van der Waals surface area (Å²) < 4.78 is 23.4. The van der Waals surface area contributed by atoms with Crippen LogP contribution in [0.1, 0.15) is 19.8 Å². The summed E-state index contributed by atoms with van der Waals surface area (Å²) in [5, 5.41) is 8.95. The molecule has 1 saturated carbocycles. The zero-order valence-electron chi connectivity index (χ0n) is 10.7. The van der Waals surface area contributed by atoms with Gasteiger partial charge in [-0.3, -0.25) is 4.79 Å². The van der Waals surface area contributed by atoms with Crippen LogP contribution in [0.4, 0.5) is 0 Å². The first-order valence-electron chi connectivity index (χ1n) is 5.60. The number of hydrogen-bond donors (Lipinski definition) is 1. The highest BCUT2D eigenvalue weighted by atomic mass is 32.2. The molecule has 8 heteroatoms. The van der Waals surface area contributed by atoms with Crippen molar-refractivity contribution in [2.24, 2.45) is 0 Å². The summed E-state index contributed by atoms with van der Waals surface area (Å²) in [6.07, 6.45) is 2.54. The smallest absolute Gasteiger partial charge is 0.326 e. The van der Waals surface area contributed by atoms with E-state index in [1.165, 1.54) is 18.9 Å². The molecule has 1 fully saturated rings. The molecular weight excluding hydrogens is 260 g/mol. The summed E-state index contributed by atoms with van der Waals surface area (Å²) in [5.41, 5.74) is 0. The van der Waals surface area contributed by atoms with Crippen LogP contribution in [-0.4, -0.2) is 66.5 Å². The number of carbonyl (C=O) groups is 2. The summed E-state index contributed by atoms with van der Waals surface area (Å²) in [6, 6.07) is -1.01. The van der Waals surface area contributed by atoms with E-state index in [2.05, 4.69) is 0 Å². The van der Waals surface area contributed by atoms with Gasteiger partial charge >= 0.3 is 5.97 Å². The number of aliphatic carboxylic acids is 1. The highest BCUT2D eigenvalue weighted by Gasteiger charge is 2.38. The van der Waals surface area contributed by atoms with E-state index in [1.807, 2.05) is 0 Å². The number of carboxylic acids is 1. The molecule has 1 aliphatic carbocycles. The molecule has 1 aliphatic rings. The highest BCUT2D eigenvalue weighted by Crippen LogP contribution is 2.29. The minimum atomic E-state index is -3.44. The maximum absolute atomic E-state index is 12.0. The molecule has 104 valence electrons. The molecule has 0 saturated heterocycles. The van der Waals surface area contributed by atoms with Crippen LogP contribution in [0.15, 0.2) is 0 Å². The second-order valence-corrected chi connectivity index (χ2v) is 6.65. The summed E-state index contributed by atoms with van der Waals surface area (Å²) in [7, 11) is -2.15. The monoisotopic (exact) mass is 278 g/mol. The van der Waals surface area contributed by atoms with Crippen molar-refractivity contribution in [3.8, 4) is 0 Å². The number of carboxylic acid groups (broad SMARTS) is 1. The lowest BCUT2D eigenvalue weighted by molar-refractivity contribution is -0.150. The minimum absolute atomic E-state index is 0.0726. The average Bonchev–Trinajstić information content (AvgIpc) is 3.00. The third kappa shape index (κ3) is 3.67. The number of amides is 1. The Morgan fingerprint density at radius 2 is 1.89 bits per heavy atom. The Bertz CT molecular complexity index is 443. The summed E-state index contributed by atoms with van der Waals surface area (Å²) in [6.45, 7) is 1.10. The van der Waals surface area contributed by atoms with Crippen molar-refractivity contribution in [3.63, 3.8) is 0 Å². The van der Waals surface area contributed by atoms with Crippen LogP contribution >= 0.6 is 0 Å². The van der Waals surface area contributed by atoms with Crippen molar-refractivity contribution in [2.45, 2.75) is 31.8 Å². The molecule has 0 aromatic heterocycles. The Balaban J connectivity index is 2.75. The first kappa shape index (κ1) is 14.9. The fraction of sp³-hybridized carbons (Fsp3) is 0.800. The maximum Gasteiger partial charge on any atom is 0.326 e. The molecule has 1 unspecified atom stereocenters. The molecule has 0 bridgehead atoms. The third-order valence-corrected chi connectivity index (χ3v) is 4.19. The molecule has 1 amide bonds. The van der Waals surface area contributed by atoms with Gasteiger partial charge in [-0.05, 0) is 19.8 Å². The lowest BCUT2D eigenvalue weighted by Gasteiger charge is -2.28. The molecule has 1 rings (SSSR count). The molecule has 1 atom stereocenters. The summed E-state index contributed by atoms with van der Waals surface area (Å²) >= 11 is 0. The van der Waals surface area contributed by atoms with Gasteiger partial charge in [0.25, 0.3) is 0 Å². The van der Waals surface area contributed by atoms with Crippen molar-refractivity contribution >= 4 is 21.9 Å². The van der Waals surface area contributed by atoms with Crippen LogP contribution in [0.3, 0.4) is 0 Å². The molecule has 0 spiro atoms. The quantitative estimate of drug-likeness (QED) is 0.696.